The number of thioether (sulfide) groups is 1. The lowest BCUT2D eigenvalue weighted by Gasteiger charge is -2.08. The molecule has 2 aromatic heterocycles. The number of para-hydroxylation sites is 1. The van der Waals surface area contributed by atoms with Crippen LogP contribution in [0.3, 0.4) is 0 Å². The molecule has 1 unspecified atom stereocenters. The van der Waals surface area contributed by atoms with Crippen LogP contribution in [0.4, 0.5) is 0 Å². The first-order valence-corrected chi connectivity index (χ1v) is 9.05. The molecule has 1 N–H and O–H groups in total. The molecule has 26 heavy (non-hydrogen) atoms. The van der Waals surface area contributed by atoms with Crippen molar-refractivity contribution >= 4 is 22.7 Å². The minimum Gasteiger partial charge on any atom is -0.411 e. The SMILES string of the molecule is Cc1ccccc1-c1nnc(SC(C)c2nc3ccccc3c(=O)[nH]2)o1. The summed E-state index contributed by atoms with van der Waals surface area (Å²) in [7, 11) is 0. The molecular weight excluding hydrogens is 348 g/mol. The van der Waals surface area contributed by atoms with Gasteiger partial charge in [-0.1, -0.05) is 42.1 Å². The van der Waals surface area contributed by atoms with Gasteiger partial charge in [-0.2, -0.15) is 0 Å². The lowest BCUT2D eigenvalue weighted by atomic mass is 10.1. The van der Waals surface area contributed by atoms with Crippen molar-refractivity contribution in [2.45, 2.75) is 24.3 Å². The van der Waals surface area contributed by atoms with Crippen LogP contribution in [0, 0.1) is 6.92 Å². The molecule has 7 heteroatoms. The lowest BCUT2D eigenvalue weighted by molar-refractivity contribution is 0.464. The Morgan fingerprint density at radius 1 is 1.08 bits per heavy atom. The molecule has 1 atom stereocenters. The fourth-order valence-corrected chi connectivity index (χ4v) is 3.42. The molecule has 0 saturated carbocycles. The van der Waals surface area contributed by atoms with Crippen LogP contribution in [0.15, 0.2) is 63.0 Å². The molecule has 0 aliphatic heterocycles. The van der Waals surface area contributed by atoms with Crippen LogP contribution in [0.25, 0.3) is 22.4 Å². The van der Waals surface area contributed by atoms with Crippen molar-refractivity contribution in [3.63, 3.8) is 0 Å². The number of rotatable bonds is 4. The molecule has 0 spiro atoms. The summed E-state index contributed by atoms with van der Waals surface area (Å²) in [5.74, 6) is 1.06. The molecule has 0 saturated heterocycles. The fourth-order valence-electron chi connectivity index (χ4n) is 2.68. The normalized spacial score (nSPS) is 12.4. The molecule has 130 valence electrons. The Morgan fingerprint density at radius 3 is 2.69 bits per heavy atom. The number of nitrogens with zero attached hydrogens (tertiary/aromatic N) is 3. The second-order valence-electron chi connectivity index (χ2n) is 5.92. The van der Waals surface area contributed by atoms with Gasteiger partial charge < -0.3 is 9.40 Å². The van der Waals surface area contributed by atoms with E-state index in [0.29, 0.717) is 27.8 Å². The maximum absolute atomic E-state index is 12.2. The molecule has 2 aromatic carbocycles. The maximum Gasteiger partial charge on any atom is 0.277 e. The predicted octanol–water partition coefficient (Wildman–Crippen LogP) is 4.13. The number of nitrogens with one attached hydrogen (secondary N) is 1. The average Bonchev–Trinajstić information content (AvgIpc) is 3.10. The molecule has 0 bridgehead atoms. The van der Waals surface area contributed by atoms with Crippen LogP contribution in [0.2, 0.25) is 0 Å². The van der Waals surface area contributed by atoms with Gasteiger partial charge in [0.2, 0.25) is 5.89 Å². The highest BCUT2D eigenvalue weighted by atomic mass is 32.2. The minimum atomic E-state index is -0.149. The lowest BCUT2D eigenvalue weighted by Crippen LogP contribution is -2.12. The van der Waals surface area contributed by atoms with Crippen molar-refractivity contribution in [2.75, 3.05) is 0 Å². The number of benzene rings is 2. The summed E-state index contributed by atoms with van der Waals surface area (Å²) in [6, 6.07) is 15.1. The Kier molecular flexibility index (Phi) is 4.30. The zero-order valence-electron chi connectivity index (χ0n) is 14.3. The predicted molar refractivity (Wildman–Crippen MR) is 101 cm³/mol. The van der Waals surface area contributed by atoms with E-state index >= 15 is 0 Å². The quantitative estimate of drug-likeness (QED) is 0.548. The first-order chi connectivity index (χ1) is 12.6. The highest BCUT2D eigenvalue weighted by molar-refractivity contribution is 7.99. The molecule has 0 radical (unpaired) electrons. The summed E-state index contributed by atoms with van der Waals surface area (Å²) in [6.45, 7) is 3.94. The number of aromatic amines is 1. The largest absolute Gasteiger partial charge is 0.411 e. The zero-order chi connectivity index (χ0) is 18.1. The summed E-state index contributed by atoms with van der Waals surface area (Å²) in [6.07, 6.45) is 0. The third kappa shape index (κ3) is 3.13. The average molecular weight is 364 g/mol. The number of hydrogen-bond donors (Lipinski definition) is 1. The highest BCUT2D eigenvalue weighted by Gasteiger charge is 2.17. The minimum absolute atomic E-state index is 0.141. The van der Waals surface area contributed by atoms with E-state index in [-0.39, 0.29) is 10.8 Å². The van der Waals surface area contributed by atoms with Crippen molar-refractivity contribution in [1.29, 1.82) is 0 Å². The van der Waals surface area contributed by atoms with Crippen LogP contribution >= 0.6 is 11.8 Å². The van der Waals surface area contributed by atoms with Gasteiger partial charge in [-0.3, -0.25) is 4.79 Å². The van der Waals surface area contributed by atoms with E-state index in [0.717, 1.165) is 11.1 Å². The summed E-state index contributed by atoms with van der Waals surface area (Å²) >= 11 is 1.36. The van der Waals surface area contributed by atoms with Crippen molar-refractivity contribution < 1.29 is 4.42 Å². The van der Waals surface area contributed by atoms with Crippen LogP contribution in [-0.4, -0.2) is 20.2 Å². The van der Waals surface area contributed by atoms with E-state index in [9.17, 15) is 4.79 Å². The van der Waals surface area contributed by atoms with Crippen molar-refractivity contribution in [1.82, 2.24) is 20.2 Å². The molecule has 4 rings (SSSR count). The van der Waals surface area contributed by atoms with E-state index in [1.54, 1.807) is 6.07 Å². The molecule has 2 heterocycles. The molecule has 0 amide bonds. The van der Waals surface area contributed by atoms with Crippen molar-refractivity contribution in [2.24, 2.45) is 0 Å². The Hall–Kier alpha value is -2.93. The Labute approximate surface area is 153 Å². The van der Waals surface area contributed by atoms with Gasteiger partial charge in [-0.15, -0.1) is 10.2 Å². The van der Waals surface area contributed by atoms with E-state index in [2.05, 4.69) is 20.2 Å². The monoisotopic (exact) mass is 364 g/mol. The summed E-state index contributed by atoms with van der Waals surface area (Å²) in [5.41, 5.74) is 2.51. The van der Waals surface area contributed by atoms with E-state index in [4.69, 9.17) is 4.42 Å². The summed E-state index contributed by atoms with van der Waals surface area (Å²) in [4.78, 5) is 19.6. The van der Waals surface area contributed by atoms with E-state index in [1.165, 1.54) is 11.8 Å². The second kappa shape index (κ2) is 6.76. The number of aryl methyl sites for hydroxylation is 1. The first kappa shape index (κ1) is 16.5. The van der Waals surface area contributed by atoms with Crippen LogP contribution in [0.1, 0.15) is 23.6 Å². The third-order valence-electron chi connectivity index (χ3n) is 4.08. The maximum atomic E-state index is 12.2. The number of H-pyrrole nitrogens is 1. The van der Waals surface area contributed by atoms with Crippen LogP contribution in [-0.2, 0) is 0 Å². The van der Waals surface area contributed by atoms with Crippen LogP contribution in [0.5, 0.6) is 0 Å². The van der Waals surface area contributed by atoms with Crippen LogP contribution < -0.4 is 5.56 Å². The molecule has 0 fully saturated rings. The van der Waals surface area contributed by atoms with Gasteiger partial charge in [0, 0.05) is 5.56 Å². The number of hydrogen-bond acceptors (Lipinski definition) is 6. The third-order valence-corrected chi connectivity index (χ3v) is 5.02. The van der Waals surface area contributed by atoms with Crippen molar-refractivity contribution in [3.05, 3.63) is 70.3 Å². The molecule has 4 aromatic rings. The van der Waals surface area contributed by atoms with E-state index in [1.807, 2.05) is 56.3 Å². The zero-order valence-corrected chi connectivity index (χ0v) is 15.1. The highest BCUT2D eigenvalue weighted by Crippen LogP contribution is 2.34. The van der Waals surface area contributed by atoms with Gasteiger partial charge in [-0.05, 0) is 37.6 Å². The van der Waals surface area contributed by atoms with Gasteiger partial charge in [0.25, 0.3) is 10.8 Å². The number of aromatic nitrogens is 4. The van der Waals surface area contributed by atoms with Gasteiger partial charge >= 0.3 is 0 Å². The van der Waals surface area contributed by atoms with Gasteiger partial charge in [-0.25, -0.2) is 4.98 Å². The number of fused-ring (bicyclic) bond motifs is 1. The topological polar surface area (TPSA) is 84.7 Å². The van der Waals surface area contributed by atoms with Gasteiger partial charge in [0.05, 0.1) is 16.2 Å². The summed E-state index contributed by atoms with van der Waals surface area (Å²) in [5, 5.41) is 9.11. The Bertz CT molecular complexity index is 1140. The van der Waals surface area contributed by atoms with Gasteiger partial charge in [0.1, 0.15) is 5.82 Å². The van der Waals surface area contributed by atoms with E-state index < -0.39 is 0 Å². The fraction of sp³-hybridized carbons (Fsp3) is 0.158. The second-order valence-corrected chi connectivity index (χ2v) is 7.21. The molecule has 0 aliphatic rings. The van der Waals surface area contributed by atoms with Crippen molar-refractivity contribution in [3.8, 4) is 11.5 Å². The molecular formula is C19H16N4O2S. The van der Waals surface area contributed by atoms with Gasteiger partial charge in [0.15, 0.2) is 0 Å². The Balaban J connectivity index is 1.60. The standard InChI is InChI=1S/C19H16N4O2S/c1-11-7-3-4-8-13(11)18-22-23-19(25-18)26-12(2)16-20-15-10-6-5-9-14(15)17(24)21-16/h3-10,12H,1-2H3,(H,20,21,24). The first-order valence-electron chi connectivity index (χ1n) is 8.17. The molecule has 0 aliphatic carbocycles. The molecule has 6 nitrogen and oxygen atoms in total. The Morgan fingerprint density at radius 2 is 1.85 bits per heavy atom. The summed E-state index contributed by atoms with van der Waals surface area (Å²) < 4.78 is 5.78. The smallest absolute Gasteiger partial charge is 0.277 e.